The summed E-state index contributed by atoms with van der Waals surface area (Å²) in [4.78, 5) is 34.0. The number of carboxylic acids is 1. The second-order valence-corrected chi connectivity index (χ2v) is 4.69. The molecule has 2 N–H and O–H groups in total. The summed E-state index contributed by atoms with van der Waals surface area (Å²) in [7, 11) is 1.51. The van der Waals surface area contributed by atoms with E-state index in [9.17, 15) is 14.4 Å². The van der Waals surface area contributed by atoms with Crippen molar-refractivity contribution in [1.29, 1.82) is 0 Å². The molecule has 8 heteroatoms. The number of aromatic nitrogens is 2. The maximum atomic E-state index is 11.9. The Balaban J connectivity index is 2.65. The molecule has 0 saturated carbocycles. The highest BCUT2D eigenvalue weighted by atomic mass is 16.5. The minimum absolute atomic E-state index is 0.0267. The summed E-state index contributed by atoms with van der Waals surface area (Å²) in [5.41, 5.74) is -0.212. The van der Waals surface area contributed by atoms with Crippen molar-refractivity contribution in [3.63, 3.8) is 0 Å². The van der Waals surface area contributed by atoms with Crippen LogP contribution in [0.15, 0.2) is 16.9 Å². The Morgan fingerprint density at radius 1 is 1.48 bits per heavy atom. The van der Waals surface area contributed by atoms with Crippen LogP contribution in [-0.4, -0.2) is 47.0 Å². The van der Waals surface area contributed by atoms with Crippen LogP contribution in [0.5, 0.6) is 0 Å². The smallest absolute Gasteiger partial charge is 0.303 e. The van der Waals surface area contributed by atoms with E-state index < -0.39 is 11.9 Å². The van der Waals surface area contributed by atoms with Crippen LogP contribution in [0.1, 0.15) is 23.8 Å². The summed E-state index contributed by atoms with van der Waals surface area (Å²) in [6, 6.07) is 2.60. The standard InChI is InChI=1S/C13H19N3O5/c1-9(7-12(18)19)8-14-13(20)10-3-4-11(17)16(15-10)5-6-21-2/h3-4,9H,5-8H2,1-2H3,(H,14,20)(H,18,19). The maximum Gasteiger partial charge on any atom is 0.303 e. The molecule has 0 spiro atoms. The second kappa shape index (κ2) is 8.15. The molecule has 0 bridgehead atoms. The summed E-state index contributed by atoms with van der Waals surface area (Å²) < 4.78 is 6.01. The Hall–Kier alpha value is -2.22. The van der Waals surface area contributed by atoms with E-state index in [-0.39, 0.29) is 36.7 Å². The summed E-state index contributed by atoms with van der Waals surface area (Å²) in [5, 5.41) is 15.2. The highest BCUT2D eigenvalue weighted by Gasteiger charge is 2.12. The highest BCUT2D eigenvalue weighted by Crippen LogP contribution is 2.00. The van der Waals surface area contributed by atoms with Crippen molar-refractivity contribution in [3.05, 3.63) is 28.2 Å². The predicted molar refractivity (Wildman–Crippen MR) is 74.1 cm³/mol. The molecule has 1 unspecified atom stereocenters. The van der Waals surface area contributed by atoms with Gasteiger partial charge in [-0.1, -0.05) is 6.92 Å². The van der Waals surface area contributed by atoms with Crippen molar-refractivity contribution >= 4 is 11.9 Å². The Morgan fingerprint density at radius 2 is 2.19 bits per heavy atom. The van der Waals surface area contributed by atoms with Gasteiger partial charge < -0.3 is 15.2 Å². The van der Waals surface area contributed by atoms with Gasteiger partial charge in [-0.3, -0.25) is 14.4 Å². The van der Waals surface area contributed by atoms with Gasteiger partial charge in [0.25, 0.3) is 11.5 Å². The first-order valence-corrected chi connectivity index (χ1v) is 6.51. The van der Waals surface area contributed by atoms with E-state index >= 15 is 0 Å². The fraction of sp³-hybridized carbons (Fsp3) is 0.538. The maximum absolute atomic E-state index is 11.9. The van der Waals surface area contributed by atoms with Gasteiger partial charge in [-0.05, 0) is 12.0 Å². The lowest BCUT2D eigenvalue weighted by molar-refractivity contribution is -0.137. The molecule has 1 amide bonds. The molecule has 116 valence electrons. The molecular formula is C13H19N3O5. The minimum atomic E-state index is -0.914. The monoisotopic (exact) mass is 297 g/mol. The molecule has 1 rings (SSSR count). The fourth-order valence-electron chi connectivity index (χ4n) is 1.64. The molecule has 0 aliphatic carbocycles. The Bertz CT molecular complexity index is 555. The third-order valence-electron chi connectivity index (χ3n) is 2.74. The predicted octanol–water partition coefficient (Wildman–Crippen LogP) is -0.270. The van der Waals surface area contributed by atoms with Crippen molar-refractivity contribution in [2.75, 3.05) is 20.3 Å². The zero-order chi connectivity index (χ0) is 15.8. The molecule has 1 aromatic heterocycles. The SMILES string of the molecule is COCCn1nc(C(=O)NCC(C)CC(=O)O)ccc1=O. The number of nitrogens with one attached hydrogen (secondary N) is 1. The third kappa shape index (κ3) is 5.74. The van der Waals surface area contributed by atoms with Crippen molar-refractivity contribution < 1.29 is 19.4 Å². The number of carbonyl (C=O) groups is 2. The van der Waals surface area contributed by atoms with E-state index in [0.29, 0.717) is 6.61 Å². The summed E-state index contributed by atoms with van der Waals surface area (Å²) in [6.07, 6.45) is -0.0267. The molecule has 21 heavy (non-hydrogen) atoms. The van der Waals surface area contributed by atoms with Crippen molar-refractivity contribution in [1.82, 2.24) is 15.1 Å². The topological polar surface area (TPSA) is 111 Å². The molecule has 8 nitrogen and oxygen atoms in total. The van der Waals surface area contributed by atoms with Crippen LogP contribution in [0.3, 0.4) is 0 Å². The first-order chi connectivity index (χ1) is 9.93. The van der Waals surface area contributed by atoms with Crippen LogP contribution in [0.4, 0.5) is 0 Å². The number of carbonyl (C=O) groups excluding carboxylic acids is 1. The number of aliphatic carboxylic acids is 1. The van der Waals surface area contributed by atoms with E-state index in [1.165, 1.54) is 19.2 Å². The lowest BCUT2D eigenvalue weighted by Crippen LogP contribution is -2.33. The van der Waals surface area contributed by atoms with Crippen LogP contribution in [0.25, 0.3) is 0 Å². The molecule has 0 saturated heterocycles. The van der Waals surface area contributed by atoms with Crippen molar-refractivity contribution in [2.24, 2.45) is 5.92 Å². The Kier molecular flexibility index (Phi) is 6.54. The number of hydrogen-bond acceptors (Lipinski definition) is 5. The van der Waals surface area contributed by atoms with Gasteiger partial charge in [0.15, 0.2) is 0 Å². The van der Waals surface area contributed by atoms with Gasteiger partial charge in [0, 0.05) is 26.1 Å². The first kappa shape index (κ1) is 16.8. The van der Waals surface area contributed by atoms with Crippen LogP contribution in [0.2, 0.25) is 0 Å². The van der Waals surface area contributed by atoms with Gasteiger partial charge in [0.2, 0.25) is 0 Å². The number of ether oxygens (including phenoxy) is 1. The van der Waals surface area contributed by atoms with Gasteiger partial charge in [-0.2, -0.15) is 5.10 Å². The molecule has 0 aliphatic rings. The zero-order valence-electron chi connectivity index (χ0n) is 12.0. The van der Waals surface area contributed by atoms with E-state index in [2.05, 4.69) is 10.4 Å². The number of methoxy groups -OCH3 is 1. The second-order valence-electron chi connectivity index (χ2n) is 4.69. The molecule has 0 aliphatic heterocycles. The third-order valence-corrected chi connectivity index (χ3v) is 2.74. The number of rotatable bonds is 8. The van der Waals surface area contributed by atoms with Gasteiger partial charge >= 0.3 is 5.97 Å². The molecule has 0 fully saturated rings. The first-order valence-electron chi connectivity index (χ1n) is 6.51. The van der Waals surface area contributed by atoms with Crippen LogP contribution in [-0.2, 0) is 16.1 Å². The Labute approximate surface area is 121 Å². The van der Waals surface area contributed by atoms with E-state index in [4.69, 9.17) is 9.84 Å². The average Bonchev–Trinajstić information content (AvgIpc) is 2.43. The molecule has 1 aromatic rings. The number of hydrogen-bond donors (Lipinski definition) is 2. The lowest BCUT2D eigenvalue weighted by atomic mass is 10.1. The van der Waals surface area contributed by atoms with Gasteiger partial charge in [0.1, 0.15) is 5.69 Å². The highest BCUT2D eigenvalue weighted by molar-refractivity contribution is 5.92. The molecule has 1 atom stereocenters. The van der Waals surface area contributed by atoms with E-state index in [1.54, 1.807) is 6.92 Å². The fourth-order valence-corrected chi connectivity index (χ4v) is 1.64. The van der Waals surface area contributed by atoms with Crippen molar-refractivity contribution in [2.45, 2.75) is 19.9 Å². The number of nitrogens with zero attached hydrogens (tertiary/aromatic N) is 2. The zero-order valence-corrected chi connectivity index (χ0v) is 12.0. The quantitative estimate of drug-likeness (QED) is 0.683. The normalized spacial score (nSPS) is 11.9. The minimum Gasteiger partial charge on any atom is -0.481 e. The molecule has 1 heterocycles. The lowest BCUT2D eigenvalue weighted by Gasteiger charge is -2.10. The van der Waals surface area contributed by atoms with Crippen LogP contribution < -0.4 is 10.9 Å². The van der Waals surface area contributed by atoms with E-state index in [0.717, 1.165) is 4.68 Å². The molecule has 0 aromatic carbocycles. The van der Waals surface area contributed by atoms with Crippen molar-refractivity contribution in [3.8, 4) is 0 Å². The molecule has 0 radical (unpaired) electrons. The average molecular weight is 297 g/mol. The Morgan fingerprint density at radius 3 is 2.81 bits per heavy atom. The summed E-state index contributed by atoms with van der Waals surface area (Å²) in [5.74, 6) is -1.55. The van der Waals surface area contributed by atoms with Gasteiger partial charge in [0.05, 0.1) is 13.2 Å². The van der Waals surface area contributed by atoms with Gasteiger partial charge in [-0.15, -0.1) is 0 Å². The van der Waals surface area contributed by atoms with Gasteiger partial charge in [-0.25, -0.2) is 4.68 Å². The largest absolute Gasteiger partial charge is 0.481 e. The van der Waals surface area contributed by atoms with Crippen LogP contribution >= 0.6 is 0 Å². The van der Waals surface area contributed by atoms with Crippen LogP contribution in [0, 0.1) is 5.92 Å². The van der Waals surface area contributed by atoms with E-state index in [1.807, 2.05) is 0 Å². The number of carboxylic acid groups (broad SMARTS) is 1. The number of amides is 1. The molecular weight excluding hydrogens is 278 g/mol. The summed E-state index contributed by atoms with van der Waals surface area (Å²) in [6.45, 7) is 2.52. The summed E-state index contributed by atoms with van der Waals surface area (Å²) >= 11 is 0.